The maximum atomic E-state index is 12.4. The molecule has 3 aromatic rings. The Morgan fingerprint density at radius 2 is 1.86 bits per heavy atom. The molecule has 2 aromatic carbocycles. The highest BCUT2D eigenvalue weighted by molar-refractivity contribution is 5.91. The van der Waals surface area contributed by atoms with Gasteiger partial charge in [-0.3, -0.25) is 14.2 Å². The number of carbonyl (C=O) groups is 1. The number of anilines is 1. The first-order chi connectivity index (χ1) is 13.5. The largest absolute Gasteiger partial charge is 0.494 e. The average molecular weight is 377 g/mol. The molecule has 0 fully saturated rings. The Kier molecular flexibility index (Phi) is 5.89. The summed E-state index contributed by atoms with van der Waals surface area (Å²) < 4.78 is 6.71. The summed E-state index contributed by atoms with van der Waals surface area (Å²) in [7, 11) is 0. The Labute approximate surface area is 163 Å². The monoisotopic (exact) mass is 377 g/mol. The Morgan fingerprint density at radius 3 is 2.54 bits per heavy atom. The molecule has 0 spiro atoms. The van der Waals surface area contributed by atoms with Crippen molar-refractivity contribution in [3.63, 3.8) is 0 Å². The molecule has 0 aliphatic heterocycles. The quantitative estimate of drug-likeness (QED) is 0.713. The number of carbonyl (C=O) groups excluding carboxylic acids is 1. The van der Waals surface area contributed by atoms with Crippen LogP contribution in [0.25, 0.3) is 11.3 Å². The summed E-state index contributed by atoms with van der Waals surface area (Å²) in [5.74, 6) is 0.495. The Morgan fingerprint density at radius 1 is 1.11 bits per heavy atom. The van der Waals surface area contributed by atoms with Gasteiger partial charge in [-0.2, -0.15) is 0 Å². The van der Waals surface area contributed by atoms with E-state index < -0.39 is 0 Å². The van der Waals surface area contributed by atoms with Crippen LogP contribution in [0.15, 0.2) is 59.7 Å². The topological polar surface area (TPSA) is 73.2 Å². The summed E-state index contributed by atoms with van der Waals surface area (Å²) in [6, 6.07) is 14.6. The molecule has 0 aliphatic rings. The number of hydrogen-bond donors (Lipinski definition) is 1. The molecular formula is C22H23N3O3. The van der Waals surface area contributed by atoms with Crippen molar-refractivity contribution in [1.82, 2.24) is 9.55 Å². The molecule has 144 valence electrons. The summed E-state index contributed by atoms with van der Waals surface area (Å²) in [6.45, 7) is 6.31. The molecule has 0 unspecified atom stereocenters. The van der Waals surface area contributed by atoms with Crippen molar-refractivity contribution in [1.29, 1.82) is 0 Å². The van der Waals surface area contributed by atoms with Crippen LogP contribution < -0.4 is 15.6 Å². The summed E-state index contributed by atoms with van der Waals surface area (Å²) >= 11 is 0. The van der Waals surface area contributed by atoms with Gasteiger partial charge in [-0.05, 0) is 62.2 Å². The van der Waals surface area contributed by atoms with Crippen LogP contribution in [0, 0.1) is 13.8 Å². The Balaban J connectivity index is 1.72. The minimum absolute atomic E-state index is 0.0945. The lowest BCUT2D eigenvalue weighted by atomic mass is 10.1. The van der Waals surface area contributed by atoms with E-state index in [9.17, 15) is 9.59 Å². The number of ether oxygens (including phenoxy) is 1. The normalized spacial score (nSPS) is 10.5. The van der Waals surface area contributed by atoms with E-state index in [-0.39, 0.29) is 18.0 Å². The van der Waals surface area contributed by atoms with Gasteiger partial charge in [0.05, 0.1) is 18.6 Å². The molecule has 0 atom stereocenters. The molecule has 3 rings (SSSR count). The number of nitrogens with one attached hydrogen (secondary N) is 1. The number of benzene rings is 2. The van der Waals surface area contributed by atoms with Crippen molar-refractivity contribution in [3.05, 3.63) is 76.3 Å². The van der Waals surface area contributed by atoms with E-state index in [1.807, 2.05) is 63.2 Å². The highest BCUT2D eigenvalue weighted by Crippen LogP contribution is 2.19. The van der Waals surface area contributed by atoms with Crippen LogP contribution in [0.4, 0.5) is 5.69 Å². The first kappa shape index (κ1) is 19.4. The number of hydrogen-bond acceptors (Lipinski definition) is 4. The van der Waals surface area contributed by atoms with E-state index in [0.717, 1.165) is 28.1 Å². The summed E-state index contributed by atoms with van der Waals surface area (Å²) in [5, 5.41) is 2.85. The van der Waals surface area contributed by atoms with Crippen LogP contribution in [0.2, 0.25) is 0 Å². The van der Waals surface area contributed by atoms with Gasteiger partial charge in [0.1, 0.15) is 12.3 Å². The van der Waals surface area contributed by atoms with Gasteiger partial charge >= 0.3 is 0 Å². The molecule has 6 nitrogen and oxygen atoms in total. The van der Waals surface area contributed by atoms with Crippen LogP contribution in [0.1, 0.15) is 18.1 Å². The van der Waals surface area contributed by atoms with Gasteiger partial charge < -0.3 is 10.1 Å². The standard InChI is InChI=1S/C22H23N3O3/c1-4-28-18-9-7-17(8-10-18)20-12-22(27)25(14-23-20)13-21(26)24-19-11-15(2)5-6-16(19)3/h5-12,14H,4,13H2,1-3H3,(H,24,26). The predicted molar refractivity (Wildman–Crippen MR) is 110 cm³/mol. The minimum atomic E-state index is -0.282. The summed E-state index contributed by atoms with van der Waals surface area (Å²) in [4.78, 5) is 29.1. The third kappa shape index (κ3) is 4.65. The number of aryl methyl sites for hydroxylation is 2. The van der Waals surface area contributed by atoms with Crippen LogP contribution >= 0.6 is 0 Å². The molecule has 6 heteroatoms. The van der Waals surface area contributed by atoms with Crippen LogP contribution in [0.3, 0.4) is 0 Å². The molecular weight excluding hydrogens is 354 g/mol. The lowest BCUT2D eigenvalue weighted by Crippen LogP contribution is -2.27. The van der Waals surface area contributed by atoms with Crippen molar-refractivity contribution in [2.45, 2.75) is 27.3 Å². The number of rotatable bonds is 6. The van der Waals surface area contributed by atoms with E-state index in [1.54, 1.807) is 0 Å². The molecule has 0 radical (unpaired) electrons. The molecule has 0 saturated heterocycles. The zero-order chi connectivity index (χ0) is 20.1. The molecule has 0 aliphatic carbocycles. The van der Waals surface area contributed by atoms with Crippen LogP contribution in [0.5, 0.6) is 5.75 Å². The molecule has 0 saturated carbocycles. The summed E-state index contributed by atoms with van der Waals surface area (Å²) in [5.41, 5.74) is 3.86. The van der Waals surface area contributed by atoms with Crippen LogP contribution in [-0.2, 0) is 11.3 Å². The molecule has 1 amide bonds. The Hall–Kier alpha value is -3.41. The van der Waals surface area contributed by atoms with E-state index in [0.29, 0.717) is 12.3 Å². The third-order valence-electron chi connectivity index (χ3n) is 4.32. The first-order valence-electron chi connectivity index (χ1n) is 9.13. The second kappa shape index (κ2) is 8.52. The molecule has 28 heavy (non-hydrogen) atoms. The molecule has 1 N–H and O–H groups in total. The lowest BCUT2D eigenvalue weighted by Gasteiger charge is -2.11. The SMILES string of the molecule is CCOc1ccc(-c2cc(=O)n(CC(=O)Nc3cc(C)ccc3C)cn2)cc1. The highest BCUT2D eigenvalue weighted by Gasteiger charge is 2.09. The van der Waals surface area contributed by atoms with Gasteiger partial charge in [-0.25, -0.2) is 4.98 Å². The van der Waals surface area contributed by atoms with Crippen molar-refractivity contribution in [3.8, 4) is 17.0 Å². The van der Waals surface area contributed by atoms with Gasteiger partial charge in [0.2, 0.25) is 5.91 Å². The molecule has 0 bridgehead atoms. The number of nitrogens with zero attached hydrogens (tertiary/aromatic N) is 2. The summed E-state index contributed by atoms with van der Waals surface area (Å²) in [6.07, 6.45) is 1.40. The zero-order valence-electron chi connectivity index (χ0n) is 16.2. The maximum absolute atomic E-state index is 12.4. The Bertz CT molecular complexity index is 1040. The van der Waals surface area contributed by atoms with E-state index in [1.165, 1.54) is 17.0 Å². The average Bonchev–Trinajstić information content (AvgIpc) is 2.67. The number of amides is 1. The van der Waals surface area contributed by atoms with Gasteiger partial charge in [-0.1, -0.05) is 12.1 Å². The second-order valence-electron chi connectivity index (χ2n) is 6.56. The molecule has 1 aromatic heterocycles. The van der Waals surface area contributed by atoms with Crippen molar-refractivity contribution >= 4 is 11.6 Å². The van der Waals surface area contributed by atoms with Crippen molar-refractivity contribution < 1.29 is 9.53 Å². The fraction of sp³-hybridized carbons (Fsp3) is 0.227. The molecule has 1 heterocycles. The van der Waals surface area contributed by atoms with E-state index in [2.05, 4.69) is 10.3 Å². The van der Waals surface area contributed by atoms with Crippen molar-refractivity contribution in [2.75, 3.05) is 11.9 Å². The van der Waals surface area contributed by atoms with Gasteiger partial charge in [0.25, 0.3) is 5.56 Å². The third-order valence-corrected chi connectivity index (χ3v) is 4.32. The lowest BCUT2D eigenvalue weighted by molar-refractivity contribution is -0.116. The van der Waals surface area contributed by atoms with Gasteiger partial charge in [0, 0.05) is 17.3 Å². The predicted octanol–water partition coefficient (Wildman–Crippen LogP) is 3.56. The highest BCUT2D eigenvalue weighted by atomic mass is 16.5. The minimum Gasteiger partial charge on any atom is -0.494 e. The first-order valence-corrected chi connectivity index (χ1v) is 9.13. The van der Waals surface area contributed by atoms with Crippen LogP contribution in [-0.4, -0.2) is 22.1 Å². The second-order valence-corrected chi connectivity index (χ2v) is 6.56. The van der Waals surface area contributed by atoms with Gasteiger partial charge in [0.15, 0.2) is 0 Å². The van der Waals surface area contributed by atoms with Crippen molar-refractivity contribution in [2.24, 2.45) is 0 Å². The van der Waals surface area contributed by atoms with Gasteiger partial charge in [-0.15, -0.1) is 0 Å². The zero-order valence-corrected chi connectivity index (χ0v) is 16.2. The smallest absolute Gasteiger partial charge is 0.254 e. The van der Waals surface area contributed by atoms with E-state index >= 15 is 0 Å². The number of aromatic nitrogens is 2. The fourth-order valence-electron chi connectivity index (χ4n) is 2.81. The van der Waals surface area contributed by atoms with E-state index in [4.69, 9.17) is 4.74 Å². The fourth-order valence-corrected chi connectivity index (χ4v) is 2.81. The maximum Gasteiger partial charge on any atom is 0.254 e.